The zero-order valence-corrected chi connectivity index (χ0v) is 12.8. The van der Waals surface area contributed by atoms with Crippen molar-refractivity contribution in [2.45, 2.75) is 0 Å². The number of hydrogen-bond donors (Lipinski definition) is 0. The summed E-state index contributed by atoms with van der Waals surface area (Å²) in [6, 6.07) is 22.1. The van der Waals surface area contributed by atoms with Gasteiger partial charge in [0.05, 0.1) is 17.4 Å². The van der Waals surface area contributed by atoms with Gasteiger partial charge in [-0.15, -0.1) is 0 Å². The summed E-state index contributed by atoms with van der Waals surface area (Å²) in [5, 5.41) is 0. The van der Waals surface area contributed by atoms with Gasteiger partial charge in [0.25, 0.3) is 0 Å². The summed E-state index contributed by atoms with van der Waals surface area (Å²) in [5.74, 6) is 0.597. The Hall–Kier alpha value is -3.27. The molecule has 0 spiro atoms. The first-order valence-electron chi connectivity index (χ1n) is 7.63. The van der Waals surface area contributed by atoms with E-state index in [2.05, 4.69) is 4.99 Å². The zero-order valence-electron chi connectivity index (χ0n) is 12.8. The van der Waals surface area contributed by atoms with Crippen LogP contribution in [0.2, 0.25) is 0 Å². The number of aliphatic imine (C=N–C) groups is 1. The molecule has 0 amide bonds. The molecular formula is C20H14FN3. The van der Waals surface area contributed by atoms with Crippen LogP contribution in [0.5, 0.6) is 0 Å². The molecule has 0 unspecified atom stereocenters. The number of benzene rings is 2. The number of fused-ring (bicyclic) bond motifs is 1. The molecule has 0 radical (unpaired) electrons. The van der Waals surface area contributed by atoms with Crippen molar-refractivity contribution >= 4 is 17.4 Å². The van der Waals surface area contributed by atoms with E-state index >= 15 is 0 Å². The van der Waals surface area contributed by atoms with Crippen LogP contribution >= 0.6 is 0 Å². The molecule has 24 heavy (non-hydrogen) atoms. The van der Waals surface area contributed by atoms with E-state index in [9.17, 15) is 4.39 Å². The number of halogens is 1. The van der Waals surface area contributed by atoms with Gasteiger partial charge in [-0.2, -0.15) is 0 Å². The normalized spacial score (nSPS) is 11.4. The van der Waals surface area contributed by atoms with Gasteiger partial charge in [-0.1, -0.05) is 36.4 Å². The van der Waals surface area contributed by atoms with Crippen molar-refractivity contribution in [3.63, 3.8) is 0 Å². The number of hydrogen-bond acceptors (Lipinski definition) is 2. The van der Waals surface area contributed by atoms with Gasteiger partial charge in [-0.25, -0.2) is 9.37 Å². The van der Waals surface area contributed by atoms with Crippen molar-refractivity contribution in [2.75, 3.05) is 0 Å². The predicted octanol–water partition coefficient (Wildman–Crippen LogP) is 4.89. The third-order valence-electron chi connectivity index (χ3n) is 3.77. The largest absolute Gasteiger partial charge is 0.299 e. The molecule has 2 heterocycles. The highest BCUT2D eigenvalue weighted by molar-refractivity contribution is 5.90. The Balaban J connectivity index is 1.80. The molecule has 0 bridgehead atoms. The van der Waals surface area contributed by atoms with E-state index in [1.165, 1.54) is 12.1 Å². The Kier molecular flexibility index (Phi) is 3.63. The second-order valence-corrected chi connectivity index (χ2v) is 5.38. The Morgan fingerprint density at radius 1 is 0.875 bits per heavy atom. The minimum Gasteiger partial charge on any atom is -0.299 e. The smallest absolute Gasteiger partial charge is 0.145 e. The zero-order chi connectivity index (χ0) is 16.4. The Morgan fingerprint density at radius 2 is 1.62 bits per heavy atom. The molecule has 4 heteroatoms. The van der Waals surface area contributed by atoms with Crippen LogP contribution in [-0.2, 0) is 0 Å². The van der Waals surface area contributed by atoms with Crippen molar-refractivity contribution in [3.05, 3.63) is 90.5 Å². The standard InChI is InChI=1S/C20H14FN3/c21-16-9-11-17(12-10-16)22-14-18-19-8-4-5-13-24(19)20(23-18)15-6-2-1-3-7-15/h1-14H. The number of pyridine rings is 1. The van der Waals surface area contributed by atoms with Crippen LogP contribution < -0.4 is 0 Å². The van der Waals surface area contributed by atoms with Crippen LogP contribution in [0.15, 0.2) is 84.0 Å². The molecule has 0 atom stereocenters. The third-order valence-corrected chi connectivity index (χ3v) is 3.77. The maximum absolute atomic E-state index is 13.0. The van der Waals surface area contributed by atoms with Crippen LogP contribution in [0.25, 0.3) is 16.9 Å². The fourth-order valence-corrected chi connectivity index (χ4v) is 2.61. The first-order chi connectivity index (χ1) is 11.8. The third kappa shape index (κ3) is 2.70. The molecule has 2 aromatic heterocycles. The Labute approximate surface area is 138 Å². The molecule has 0 N–H and O–H groups in total. The number of nitrogens with zero attached hydrogens (tertiary/aromatic N) is 3. The molecule has 0 aliphatic carbocycles. The monoisotopic (exact) mass is 315 g/mol. The maximum Gasteiger partial charge on any atom is 0.145 e. The average molecular weight is 315 g/mol. The van der Waals surface area contributed by atoms with E-state index in [4.69, 9.17) is 4.98 Å². The highest BCUT2D eigenvalue weighted by atomic mass is 19.1. The minimum atomic E-state index is -0.271. The highest BCUT2D eigenvalue weighted by Crippen LogP contribution is 2.22. The van der Waals surface area contributed by atoms with Crippen LogP contribution in [0.4, 0.5) is 10.1 Å². The first kappa shape index (κ1) is 14.3. The minimum absolute atomic E-state index is 0.271. The van der Waals surface area contributed by atoms with Gasteiger partial charge in [0, 0.05) is 11.8 Å². The molecule has 0 saturated carbocycles. The fraction of sp³-hybridized carbons (Fsp3) is 0. The first-order valence-corrected chi connectivity index (χ1v) is 7.63. The van der Waals surface area contributed by atoms with Gasteiger partial charge in [0.2, 0.25) is 0 Å². The summed E-state index contributed by atoms with van der Waals surface area (Å²) in [7, 11) is 0. The van der Waals surface area contributed by atoms with Crippen molar-refractivity contribution in [1.82, 2.24) is 9.38 Å². The van der Waals surface area contributed by atoms with E-state index < -0.39 is 0 Å². The molecular weight excluding hydrogens is 301 g/mol. The van der Waals surface area contributed by atoms with Gasteiger partial charge in [-0.3, -0.25) is 9.39 Å². The van der Waals surface area contributed by atoms with E-state index in [1.807, 2.05) is 59.1 Å². The lowest BCUT2D eigenvalue weighted by atomic mass is 10.2. The van der Waals surface area contributed by atoms with Crippen LogP contribution in [0.3, 0.4) is 0 Å². The van der Waals surface area contributed by atoms with Crippen LogP contribution in [0, 0.1) is 5.82 Å². The second-order valence-electron chi connectivity index (χ2n) is 5.38. The van der Waals surface area contributed by atoms with Gasteiger partial charge < -0.3 is 0 Å². The summed E-state index contributed by atoms with van der Waals surface area (Å²) in [6.07, 6.45) is 3.70. The Bertz CT molecular complexity index is 1000. The molecule has 2 aromatic carbocycles. The summed E-state index contributed by atoms with van der Waals surface area (Å²) in [6.45, 7) is 0. The SMILES string of the molecule is Fc1ccc(N=Cc2nc(-c3ccccc3)n3ccccc23)cc1. The van der Waals surface area contributed by atoms with E-state index in [-0.39, 0.29) is 5.82 Å². The number of rotatable bonds is 3. The predicted molar refractivity (Wildman–Crippen MR) is 94.3 cm³/mol. The lowest BCUT2D eigenvalue weighted by Gasteiger charge is -1.99. The van der Waals surface area contributed by atoms with E-state index in [0.29, 0.717) is 5.69 Å². The fourth-order valence-electron chi connectivity index (χ4n) is 2.61. The molecule has 4 aromatic rings. The molecule has 3 nitrogen and oxygen atoms in total. The van der Waals surface area contributed by atoms with Crippen LogP contribution in [0.1, 0.15) is 5.69 Å². The molecule has 0 aliphatic rings. The lowest BCUT2D eigenvalue weighted by molar-refractivity contribution is 0.628. The number of imidazole rings is 1. The summed E-state index contributed by atoms with van der Waals surface area (Å²) >= 11 is 0. The summed E-state index contributed by atoms with van der Waals surface area (Å²) in [5.41, 5.74) is 3.48. The van der Waals surface area contributed by atoms with Crippen molar-refractivity contribution in [3.8, 4) is 11.4 Å². The van der Waals surface area contributed by atoms with Gasteiger partial charge >= 0.3 is 0 Å². The molecule has 0 fully saturated rings. The van der Waals surface area contributed by atoms with Crippen LogP contribution in [-0.4, -0.2) is 15.6 Å². The second kappa shape index (κ2) is 6.08. The molecule has 0 aliphatic heterocycles. The average Bonchev–Trinajstić information content (AvgIpc) is 3.01. The van der Waals surface area contributed by atoms with Gasteiger partial charge in [0.15, 0.2) is 0 Å². The quantitative estimate of drug-likeness (QED) is 0.495. The highest BCUT2D eigenvalue weighted by Gasteiger charge is 2.10. The van der Waals surface area contributed by atoms with Gasteiger partial charge in [-0.05, 0) is 36.4 Å². The molecule has 0 saturated heterocycles. The lowest BCUT2D eigenvalue weighted by Crippen LogP contribution is -1.87. The maximum atomic E-state index is 13.0. The van der Waals surface area contributed by atoms with Crippen molar-refractivity contribution in [2.24, 2.45) is 4.99 Å². The number of aromatic nitrogens is 2. The summed E-state index contributed by atoms with van der Waals surface area (Å²) < 4.78 is 15.0. The molecule has 116 valence electrons. The molecule has 4 rings (SSSR count). The van der Waals surface area contributed by atoms with Crippen molar-refractivity contribution < 1.29 is 4.39 Å². The van der Waals surface area contributed by atoms with E-state index in [0.717, 1.165) is 22.6 Å². The van der Waals surface area contributed by atoms with Crippen molar-refractivity contribution in [1.29, 1.82) is 0 Å². The van der Waals surface area contributed by atoms with Gasteiger partial charge in [0.1, 0.15) is 17.3 Å². The summed E-state index contributed by atoms with van der Waals surface area (Å²) in [4.78, 5) is 9.14. The topological polar surface area (TPSA) is 29.7 Å². The Morgan fingerprint density at radius 3 is 2.42 bits per heavy atom. The van der Waals surface area contributed by atoms with E-state index in [1.54, 1.807) is 18.3 Å².